The van der Waals surface area contributed by atoms with Crippen LogP contribution in [0, 0.1) is 6.92 Å². The highest BCUT2D eigenvalue weighted by atomic mass is 79.9. The number of anilines is 4. The van der Waals surface area contributed by atoms with Crippen molar-refractivity contribution >= 4 is 61.1 Å². The normalized spacial score (nSPS) is 14.4. The fourth-order valence-electron chi connectivity index (χ4n) is 3.11. The first-order chi connectivity index (χ1) is 15.5. The molecule has 2 N–H and O–H groups in total. The van der Waals surface area contributed by atoms with Crippen LogP contribution in [0.1, 0.15) is 18.1 Å². The van der Waals surface area contributed by atoms with Crippen LogP contribution in [0.2, 0.25) is 0 Å². The first kappa shape index (κ1) is 22.6. The van der Waals surface area contributed by atoms with E-state index in [0.717, 1.165) is 44.6 Å². The summed E-state index contributed by atoms with van der Waals surface area (Å²) in [5.41, 5.74) is 6.85. The summed E-state index contributed by atoms with van der Waals surface area (Å²) < 4.78 is 7.42. The number of ether oxygens (including phenoxy) is 1. The van der Waals surface area contributed by atoms with Crippen molar-refractivity contribution in [2.75, 3.05) is 41.9 Å². The van der Waals surface area contributed by atoms with Crippen molar-refractivity contribution in [1.82, 2.24) is 15.0 Å². The van der Waals surface area contributed by atoms with Gasteiger partial charge in [-0.15, -0.1) is 0 Å². The van der Waals surface area contributed by atoms with E-state index in [1.165, 1.54) is 0 Å². The number of halogens is 2. The van der Waals surface area contributed by atoms with Gasteiger partial charge in [0.15, 0.2) is 0 Å². The Kier molecular flexibility index (Phi) is 7.33. The minimum Gasteiger partial charge on any atom is -0.378 e. The van der Waals surface area contributed by atoms with Crippen LogP contribution in [0.4, 0.5) is 23.5 Å². The molecule has 0 bridgehead atoms. The summed E-state index contributed by atoms with van der Waals surface area (Å²) in [7, 11) is 0. The van der Waals surface area contributed by atoms with E-state index >= 15 is 0 Å². The van der Waals surface area contributed by atoms with Crippen LogP contribution < -0.4 is 15.6 Å². The second-order valence-corrected chi connectivity index (χ2v) is 9.08. The van der Waals surface area contributed by atoms with Gasteiger partial charge in [0.2, 0.25) is 17.8 Å². The molecule has 4 rings (SSSR count). The molecular formula is C22H23Br2N7O. The van der Waals surface area contributed by atoms with Crippen LogP contribution in [-0.4, -0.2) is 47.0 Å². The van der Waals surface area contributed by atoms with E-state index in [2.05, 4.69) is 67.6 Å². The molecule has 10 heteroatoms. The Labute approximate surface area is 203 Å². The Bertz CT molecular complexity index is 1120. The van der Waals surface area contributed by atoms with Gasteiger partial charge in [-0.25, -0.2) is 5.43 Å². The zero-order valence-electron chi connectivity index (χ0n) is 17.8. The van der Waals surface area contributed by atoms with E-state index in [0.29, 0.717) is 31.1 Å². The van der Waals surface area contributed by atoms with E-state index in [9.17, 15) is 0 Å². The second-order valence-electron chi connectivity index (χ2n) is 7.31. The first-order valence-corrected chi connectivity index (χ1v) is 11.7. The summed E-state index contributed by atoms with van der Waals surface area (Å²) in [5.74, 6) is 1.38. The zero-order valence-corrected chi connectivity index (χ0v) is 20.9. The molecule has 1 aliphatic heterocycles. The lowest BCUT2D eigenvalue weighted by molar-refractivity contribution is 0.122. The van der Waals surface area contributed by atoms with Gasteiger partial charge in [-0.3, -0.25) is 0 Å². The average molecular weight is 561 g/mol. The fourth-order valence-corrected chi connectivity index (χ4v) is 3.96. The smallest absolute Gasteiger partial charge is 0.250 e. The van der Waals surface area contributed by atoms with Crippen molar-refractivity contribution in [1.29, 1.82) is 0 Å². The average Bonchev–Trinajstić information content (AvgIpc) is 2.80. The molecule has 0 aliphatic carbocycles. The molecule has 1 aromatic heterocycles. The molecule has 3 aromatic rings. The van der Waals surface area contributed by atoms with Crippen molar-refractivity contribution in [3.8, 4) is 0 Å². The molecule has 0 radical (unpaired) electrons. The van der Waals surface area contributed by atoms with E-state index in [1.54, 1.807) is 0 Å². The Morgan fingerprint density at radius 1 is 1.00 bits per heavy atom. The molecule has 0 unspecified atom stereocenters. The Hall–Kier alpha value is -2.56. The van der Waals surface area contributed by atoms with Crippen LogP contribution in [0.5, 0.6) is 0 Å². The fraction of sp³-hybridized carbons (Fsp3) is 0.273. The number of hydrogen-bond acceptors (Lipinski definition) is 8. The molecule has 0 amide bonds. The number of hydrogen-bond donors (Lipinski definition) is 2. The Balaban J connectivity index is 1.62. The standard InChI is InChI=1S/C22H23Br2N7O/c1-14-3-8-19(18(24)13-14)25-20-26-21(28-22(27-20)31-9-11-32-12-10-31)30-29-15(2)16-4-6-17(23)7-5-16/h3-8,13H,9-12H2,1-2H3,(H2,25,26,27,28,30)/b29-15-. The minimum absolute atomic E-state index is 0.365. The van der Waals surface area contributed by atoms with Crippen molar-refractivity contribution < 1.29 is 4.74 Å². The number of nitrogens with one attached hydrogen (secondary N) is 2. The lowest BCUT2D eigenvalue weighted by Gasteiger charge is -2.27. The van der Waals surface area contributed by atoms with Crippen LogP contribution in [0.3, 0.4) is 0 Å². The highest BCUT2D eigenvalue weighted by Crippen LogP contribution is 2.26. The van der Waals surface area contributed by atoms with Crippen molar-refractivity contribution in [3.63, 3.8) is 0 Å². The first-order valence-electron chi connectivity index (χ1n) is 10.2. The lowest BCUT2D eigenvalue weighted by Crippen LogP contribution is -2.37. The van der Waals surface area contributed by atoms with Gasteiger partial charge in [-0.05, 0) is 65.2 Å². The molecule has 0 spiro atoms. The lowest BCUT2D eigenvalue weighted by atomic mass is 10.1. The third kappa shape index (κ3) is 5.81. The maximum absolute atomic E-state index is 5.47. The van der Waals surface area contributed by atoms with E-state index in [-0.39, 0.29) is 0 Å². The number of rotatable bonds is 6. The highest BCUT2D eigenvalue weighted by molar-refractivity contribution is 9.10. The third-order valence-electron chi connectivity index (χ3n) is 4.87. The SMILES string of the molecule is C/C(=N/Nc1nc(Nc2ccc(C)cc2Br)nc(N2CCOCC2)n1)c1ccc(Br)cc1. The molecule has 32 heavy (non-hydrogen) atoms. The van der Waals surface area contributed by atoms with Gasteiger partial charge in [-0.1, -0.05) is 34.1 Å². The predicted molar refractivity (Wildman–Crippen MR) is 135 cm³/mol. The Morgan fingerprint density at radius 2 is 1.72 bits per heavy atom. The summed E-state index contributed by atoms with van der Waals surface area (Å²) >= 11 is 7.05. The molecule has 0 atom stereocenters. The molecule has 2 aromatic carbocycles. The molecule has 1 aliphatic rings. The molecule has 8 nitrogen and oxygen atoms in total. The summed E-state index contributed by atoms with van der Waals surface area (Å²) in [6, 6.07) is 14.0. The third-order valence-corrected chi connectivity index (χ3v) is 6.06. The predicted octanol–water partition coefficient (Wildman–Crippen LogP) is 5.12. The maximum Gasteiger partial charge on any atom is 0.250 e. The summed E-state index contributed by atoms with van der Waals surface area (Å²) in [6.45, 7) is 6.70. The van der Waals surface area contributed by atoms with Crippen LogP contribution in [-0.2, 0) is 4.74 Å². The molecule has 1 fully saturated rings. The largest absolute Gasteiger partial charge is 0.378 e. The van der Waals surface area contributed by atoms with Gasteiger partial charge in [0.05, 0.1) is 24.6 Å². The van der Waals surface area contributed by atoms with Gasteiger partial charge >= 0.3 is 0 Å². The van der Waals surface area contributed by atoms with E-state index in [1.807, 2.05) is 56.3 Å². The quantitative estimate of drug-likeness (QED) is 0.319. The Morgan fingerprint density at radius 3 is 2.44 bits per heavy atom. The zero-order chi connectivity index (χ0) is 22.5. The van der Waals surface area contributed by atoms with Gasteiger partial charge in [0.1, 0.15) is 0 Å². The number of aromatic nitrogens is 3. The monoisotopic (exact) mass is 559 g/mol. The van der Waals surface area contributed by atoms with Crippen molar-refractivity contribution in [2.24, 2.45) is 5.10 Å². The minimum atomic E-state index is 0.365. The molecule has 2 heterocycles. The van der Waals surface area contributed by atoms with Crippen LogP contribution >= 0.6 is 31.9 Å². The molecule has 1 saturated heterocycles. The number of morpholine rings is 1. The summed E-state index contributed by atoms with van der Waals surface area (Å²) in [5, 5.41) is 7.76. The van der Waals surface area contributed by atoms with E-state index in [4.69, 9.17) is 4.74 Å². The number of aryl methyl sites for hydroxylation is 1. The van der Waals surface area contributed by atoms with Crippen molar-refractivity contribution in [2.45, 2.75) is 13.8 Å². The van der Waals surface area contributed by atoms with Gasteiger partial charge < -0.3 is 15.0 Å². The summed E-state index contributed by atoms with van der Waals surface area (Å²) in [4.78, 5) is 15.8. The van der Waals surface area contributed by atoms with Gasteiger partial charge in [-0.2, -0.15) is 20.1 Å². The maximum atomic E-state index is 5.47. The number of hydrazone groups is 1. The van der Waals surface area contributed by atoms with Crippen LogP contribution in [0.15, 0.2) is 56.5 Å². The number of nitrogens with zero attached hydrogens (tertiary/aromatic N) is 5. The molecule has 166 valence electrons. The summed E-state index contributed by atoms with van der Waals surface area (Å²) in [6.07, 6.45) is 0. The number of benzene rings is 2. The van der Waals surface area contributed by atoms with Gasteiger partial charge in [0.25, 0.3) is 0 Å². The van der Waals surface area contributed by atoms with Crippen LogP contribution in [0.25, 0.3) is 0 Å². The topological polar surface area (TPSA) is 87.6 Å². The van der Waals surface area contributed by atoms with Gasteiger partial charge in [0, 0.05) is 22.0 Å². The second kappa shape index (κ2) is 10.4. The molecular weight excluding hydrogens is 538 g/mol. The van der Waals surface area contributed by atoms with Crippen molar-refractivity contribution in [3.05, 3.63) is 62.5 Å². The highest BCUT2D eigenvalue weighted by Gasteiger charge is 2.17. The van der Waals surface area contributed by atoms with E-state index < -0.39 is 0 Å². The molecule has 0 saturated carbocycles.